The first kappa shape index (κ1) is 14.4. The maximum Gasteiger partial charge on any atom is 0.335 e. The smallest absolute Gasteiger partial charge is 0.335 e. The highest BCUT2D eigenvalue weighted by Crippen LogP contribution is 2.49. The van der Waals surface area contributed by atoms with E-state index in [9.17, 15) is 18.0 Å². The number of nitrogens with zero attached hydrogens (tertiary/aromatic N) is 1. The number of benzene rings is 1. The van der Waals surface area contributed by atoms with Crippen molar-refractivity contribution in [3.05, 3.63) is 29.3 Å². The van der Waals surface area contributed by atoms with E-state index >= 15 is 0 Å². The number of rotatable bonds is 4. The Labute approximate surface area is 126 Å². The van der Waals surface area contributed by atoms with Crippen molar-refractivity contribution in [3.63, 3.8) is 0 Å². The van der Waals surface area contributed by atoms with Crippen molar-refractivity contribution < 1.29 is 23.1 Å². The first-order valence-corrected chi connectivity index (χ1v) is 8.97. The van der Waals surface area contributed by atoms with Crippen molar-refractivity contribution in [1.29, 1.82) is 0 Å². The molecule has 1 aliphatic carbocycles. The van der Waals surface area contributed by atoms with Crippen LogP contribution in [0, 0.1) is 0 Å². The van der Waals surface area contributed by atoms with Gasteiger partial charge in [-0.25, -0.2) is 17.5 Å². The van der Waals surface area contributed by atoms with Crippen molar-refractivity contribution in [2.75, 3.05) is 12.8 Å². The molecule has 3 rings (SSSR count). The summed E-state index contributed by atoms with van der Waals surface area (Å²) < 4.78 is 25.7. The molecule has 1 aromatic carbocycles. The average molecular weight is 327 g/mol. The molecule has 0 atom stereocenters. The van der Waals surface area contributed by atoms with Gasteiger partial charge in [-0.05, 0) is 37.3 Å². The molecule has 0 unspecified atom stereocenters. The molecule has 1 aromatic rings. The van der Waals surface area contributed by atoms with Crippen molar-refractivity contribution >= 4 is 33.7 Å². The van der Waals surface area contributed by atoms with Gasteiger partial charge in [-0.3, -0.25) is 4.79 Å². The monoisotopic (exact) mass is 327 g/mol. The van der Waals surface area contributed by atoms with Crippen LogP contribution in [0.1, 0.15) is 33.6 Å². The van der Waals surface area contributed by atoms with Gasteiger partial charge in [0.1, 0.15) is 4.90 Å². The van der Waals surface area contributed by atoms with Crippen molar-refractivity contribution in [3.8, 4) is 0 Å². The lowest BCUT2D eigenvalue weighted by Gasteiger charge is -2.20. The van der Waals surface area contributed by atoms with Gasteiger partial charge in [0.25, 0.3) is 15.9 Å². The van der Waals surface area contributed by atoms with Gasteiger partial charge in [0.2, 0.25) is 0 Å². The summed E-state index contributed by atoms with van der Waals surface area (Å²) >= 11 is 1.56. The van der Waals surface area contributed by atoms with Gasteiger partial charge in [-0.2, -0.15) is 11.8 Å². The lowest BCUT2D eigenvalue weighted by Crippen LogP contribution is -2.36. The predicted octanol–water partition coefficient (Wildman–Crippen LogP) is 1.42. The van der Waals surface area contributed by atoms with Crippen LogP contribution < -0.4 is 0 Å². The molecular formula is C13H13NO5S2. The molecule has 1 saturated carbocycles. The van der Waals surface area contributed by atoms with Crippen LogP contribution in [0.5, 0.6) is 0 Å². The Hall–Kier alpha value is -1.54. The molecule has 6 nitrogen and oxygen atoms in total. The third kappa shape index (κ3) is 2.13. The number of amides is 1. The Morgan fingerprint density at radius 3 is 2.62 bits per heavy atom. The number of thioether (sulfide) groups is 1. The molecular weight excluding hydrogens is 314 g/mol. The molecule has 2 aliphatic rings. The Balaban J connectivity index is 2.04. The van der Waals surface area contributed by atoms with Crippen LogP contribution in [0.3, 0.4) is 0 Å². The predicted molar refractivity (Wildman–Crippen MR) is 77.1 cm³/mol. The highest BCUT2D eigenvalue weighted by molar-refractivity contribution is 8.00. The third-order valence-electron chi connectivity index (χ3n) is 3.93. The zero-order valence-electron chi connectivity index (χ0n) is 11.2. The molecule has 1 fully saturated rings. The average Bonchev–Trinajstić information content (AvgIpc) is 3.20. The number of hydrogen-bond acceptors (Lipinski definition) is 5. The highest BCUT2D eigenvalue weighted by Gasteiger charge is 2.50. The molecule has 1 N–H and O–H groups in total. The number of carbonyl (C=O) groups excluding carboxylic acids is 1. The lowest BCUT2D eigenvalue weighted by molar-refractivity contribution is 0.0695. The molecule has 0 aromatic heterocycles. The number of sulfonamides is 1. The van der Waals surface area contributed by atoms with Gasteiger partial charge < -0.3 is 5.11 Å². The zero-order chi connectivity index (χ0) is 15.4. The van der Waals surface area contributed by atoms with Gasteiger partial charge in [-0.15, -0.1) is 0 Å². The molecule has 21 heavy (non-hydrogen) atoms. The maximum absolute atomic E-state index is 12.5. The van der Waals surface area contributed by atoms with Gasteiger partial charge in [-0.1, -0.05) is 0 Å². The molecule has 0 spiro atoms. The fourth-order valence-electron chi connectivity index (χ4n) is 2.39. The SMILES string of the molecule is CSC1(CN2C(=O)c3ccc(C(=O)O)cc3S2(=O)=O)CC1. The van der Waals surface area contributed by atoms with Crippen molar-refractivity contribution in [1.82, 2.24) is 4.31 Å². The molecule has 0 radical (unpaired) electrons. The molecule has 112 valence electrons. The first-order valence-electron chi connectivity index (χ1n) is 6.30. The van der Waals surface area contributed by atoms with Gasteiger partial charge in [0, 0.05) is 4.75 Å². The summed E-state index contributed by atoms with van der Waals surface area (Å²) in [6.07, 6.45) is 3.66. The zero-order valence-corrected chi connectivity index (χ0v) is 12.8. The van der Waals surface area contributed by atoms with Crippen molar-refractivity contribution in [2.45, 2.75) is 22.5 Å². The van der Waals surface area contributed by atoms with Crippen LogP contribution in [0.2, 0.25) is 0 Å². The topological polar surface area (TPSA) is 91.8 Å². The second kappa shape index (κ2) is 4.48. The second-order valence-electron chi connectivity index (χ2n) is 5.22. The molecule has 0 bridgehead atoms. The second-order valence-corrected chi connectivity index (χ2v) is 8.33. The Kier molecular flexibility index (Phi) is 3.07. The molecule has 1 amide bonds. The van der Waals surface area contributed by atoms with Crippen LogP contribution >= 0.6 is 11.8 Å². The minimum absolute atomic E-state index is 0.0527. The summed E-state index contributed by atoms with van der Waals surface area (Å²) in [7, 11) is -3.95. The maximum atomic E-state index is 12.5. The van der Waals surface area contributed by atoms with Gasteiger partial charge >= 0.3 is 5.97 Å². The van der Waals surface area contributed by atoms with E-state index in [1.165, 1.54) is 12.1 Å². The van der Waals surface area contributed by atoms with E-state index in [1.807, 2.05) is 6.26 Å². The van der Waals surface area contributed by atoms with E-state index in [1.54, 1.807) is 11.8 Å². The van der Waals surface area contributed by atoms with Gasteiger partial charge in [0.15, 0.2) is 0 Å². The summed E-state index contributed by atoms with van der Waals surface area (Å²) in [5.74, 6) is -1.79. The normalized spacial score (nSPS) is 21.2. The van der Waals surface area contributed by atoms with Crippen molar-refractivity contribution in [2.24, 2.45) is 0 Å². The fraction of sp³-hybridized carbons (Fsp3) is 0.385. The van der Waals surface area contributed by atoms with E-state index in [-0.39, 0.29) is 27.3 Å². The number of aromatic carboxylic acids is 1. The standard InChI is InChI=1S/C13H13NO5S2/c1-20-13(4-5-13)7-14-11(15)9-3-2-8(12(16)17)6-10(9)21(14,18)19/h2-3,6H,4-5,7H2,1H3,(H,16,17). The van der Waals surface area contributed by atoms with E-state index in [2.05, 4.69) is 0 Å². The number of carbonyl (C=O) groups is 2. The summed E-state index contributed by atoms with van der Waals surface area (Å²) in [5, 5.41) is 8.96. The quantitative estimate of drug-likeness (QED) is 0.899. The number of fused-ring (bicyclic) bond motifs is 1. The van der Waals surface area contributed by atoms with Crippen LogP contribution in [0.15, 0.2) is 23.1 Å². The summed E-state index contributed by atoms with van der Waals surface area (Å²) in [6, 6.07) is 3.58. The summed E-state index contributed by atoms with van der Waals surface area (Å²) in [4.78, 5) is 23.1. The lowest BCUT2D eigenvalue weighted by atomic mass is 10.1. The first-order chi connectivity index (χ1) is 9.81. The van der Waals surface area contributed by atoms with E-state index < -0.39 is 21.9 Å². The highest BCUT2D eigenvalue weighted by atomic mass is 32.2. The van der Waals surface area contributed by atoms with Crippen LogP contribution in [-0.4, -0.2) is 47.3 Å². The van der Waals surface area contributed by atoms with Gasteiger partial charge in [0.05, 0.1) is 17.7 Å². The number of carboxylic acid groups (broad SMARTS) is 1. The fourth-order valence-corrected chi connectivity index (χ4v) is 4.92. The largest absolute Gasteiger partial charge is 0.478 e. The molecule has 1 heterocycles. The number of hydrogen-bond donors (Lipinski definition) is 1. The minimum Gasteiger partial charge on any atom is -0.478 e. The van der Waals surface area contributed by atoms with E-state index in [4.69, 9.17) is 5.11 Å². The number of carboxylic acids is 1. The van der Waals surface area contributed by atoms with E-state index in [0.717, 1.165) is 23.2 Å². The summed E-state index contributed by atoms with van der Waals surface area (Å²) in [5.41, 5.74) is -0.0881. The minimum atomic E-state index is -3.95. The molecule has 0 saturated heterocycles. The van der Waals surface area contributed by atoms with Crippen LogP contribution in [0.25, 0.3) is 0 Å². The Bertz CT molecular complexity index is 752. The third-order valence-corrected chi connectivity index (χ3v) is 7.10. The van der Waals surface area contributed by atoms with Crippen LogP contribution in [0.4, 0.5) is 0 Å². The Morgan fingerprint density at radius 2 is 2.10 bits per heavy atom. The van der Waals surface area contributed by atoms with Crippen LogP contribution in [-0.2, 0) is 10.0 Å². The molecule has 8 heteroatoms. The van der Waals surface area contributed by atoms with E-state index in [0.29, 0.717) is 0 Å². The summed E-state index contributed by atoms with van der Waals surface area (Å²) in [6.45, 7) is 0.145. The Morgan fingerprint density at radius 1 is 1.43 bits per heavy atom. The molecule has 1 aliphatic heterocycles.